The van der Waals surface area contributed by atoms with Crippen LogP contribution in [0.4, 0.5) is 5.69 Å². The molecule has 12 rings (SSSR count). The molecular formula is C54H42N4. The molecule has 4 heteroatoms. The number of rotatable bonds is 7. The first-order valence-corrected chi connectivity index (χ1v) is 20.7. The Balaban J connectivity index is 1.00. The van der Waals surface area contributed by atoms with E-state index in [1.54, 1.807) is 5.56 Å². The van der Waals surface area contributed by atoms with Crippen LogP contribution in [0.2, 0.25) is 0 Å². The van der Waals surface area contributed by atoms with Crippen LogP contribution in [0.3, 0.4) is 0 Å². The Morgan fingerprint density at radius 1 is 0.397 bits per heavy atom. The van der Waals surface area contributed by atoms with Crippen LogP contribution in [0.5, 0.6) is 0 Å². The van der Waals surface area contributed by atoms with Crippen molar-refractivity contribution < 1.29 is 0 Å². The molecule has 4 aliphatic carbocycles. The molecule has 278 valence electrons. The summed E-state index contributed by atoms with van der Waals surface area (Å²) in [5, 5.41) is 2.23. The molecule has 8 aromatic rings. The number of nitrogens with zero attached hydrogens (tertiary/aromatic N) is 4. The summed E-state index contributed by atoms with van der Waals surface area (Å²) in [6.07, 6.45) is 8.49. The van der Waals surface area contributed by atoms with E-state index in [9.17, 15) is 0 Å². The Labute approximate surface area is 340 Å². The Hall–Kier alpha value is -6.70. The SMILES string of the molecule is [C-]#[N+]c1ccc(-c2ccc3cc(-c4nc(-c5ccccc5)nc(-c5cc(-c6ccccc6)cc(-c6ccc(C78CC9CC(CC(C9)C7)C8)cc6)c5)n4)ccc3c2)cc1. The van der Waals surface area contributed by atoms with E-state index in [2.05, 4.69) is 126 Å². The summed E-state index contributed by atoms with van der Waals surface area (Å²) in [5.74, 6) is 4.69. The normalized spacial score (nSPS) is 20.6. The molecule has 0 saturated heterocycles. The van der Waals surface area contributed by atoms with Gasteiger partial charge in [0.05, 0.1) is 6.57 Å². The van der Waals surface area contributed by atoms with Crippen molar-refractivity contribution in [2.24, 2.45) is 17.8 Å². The van der Waals surface area contributed by atoms with E-state index in [1.165, 1.54) is 44.1 Å². The topological polar surface area (TPSA) is 43.0 Å². The van der Waals surface area contributed by atoms with Gasteiger partial charge in [-0.15, -0.1) is 0 Å². The van der Waals surface area contributed by atoms with Crippen LogP contribution < -0.4 is 0 Å². The highest BCUT2D eigenvalue weighted by atomic mass is 15.0. The minimum Gasteiger partial charge on any atom is -0.238 e. The van der Waals surface area contributed by atoms with Gasteiger partial charge in [-0.25, -0.2) is 19.8 Å². The smallest absolute Gasteiger partial charge is 0.187 e. The van der Waals surface area contributed by atoms with Crippen molar-refractivity contribution in [3.8, 4) is 67.5 Å². The van der Waals surface area contributed by atoms with Crippen LogP contribution in [0, 0.1) is 24.3 Å². The molecule has 1 heterocycles. The summed E-state index contributed by atoms with van der Waals surface area (Å²) >= 11 is 0. The van der Waals surface area contributed by atoms with Gasteiger partial charge in [-0.2, -0.15) is 0 Å². The molecule has 0 radical (unpaired) electrons. The third-order valence-electron chi connectivity index (χ3n) is 13.3. The first-order chi connectivity index (χ1) is 28.5. The molecule has 4 fully saturated rings. The lowest BCUT2D eigenvalue weighted by Crippen LogP contribution is -2.48. The summed E-state index contributed by atoms with van der Waals surface area (Å²) in [4.78, 5) is 19.0. The van der Waals surface area contributed by atoms with Crippen LogP contribution in [0.25, 0.3) is 83.2 Å². The monoisotopic (exact) mass is 746 g/mol. The molecule has 7 aromatic carbocycles. The van der Waals surface area contributed by atoms with Crippen LogP contribution in [0.1, 0.15) is 44.1 Å². The predicted molar refractivity (Wildman–Crippen MR) is 236 cm³/mol. The van der Waals surface area contributed by atoms with Crippen molar-refractivity contribution in [1.82, 2.24) is 15.0 Å². The molecule has 4 nitrogen and oxygen atoms in total. The maximum absolute atomic E-state index is 7.30. The lowest BCUT2D eigenvalue weighted by molar-refractivity contribution is -0.00518. The van der Waals surface area contributed by atoms with Crippen LogP contribution in [-0.4, -0.2) is 15.0 Å². The van der Waals surface area contributed by atoms with Crippen molar-refractivity contribution in [2.75, 3.05) is 0 Å². The maximum Gasteiger partial charge on any atom is 0.187 e. The second kappa shape index (κ2) is 14.0. The molecule has 0 atom stereocenters. The van der Waals surface area contributed by atoms with E-state index in [0.717, 1.165) is 73.0 Å². The van der Waals surface area contributed by atoms with E-state index in [4.69, 9.17) is 21.5 Å². The molecule has 4 aliphatic rings. The van der Waals surface area contributed by atoms with E-state index < -0.39 is 0 Å². The van der Waals surface area contributed by atoms with Gasteiger partial charge < -0.3 is 0 Å². The van der Waals surface area contributed by atoms with E-state index >= 15 is 0 Å². The van der Waals surface area contributed by atoms with Crippen LogP contribution >= 0.6 is 0 Å². The average molecular weight is 747 g/mol. The third kappa shape index (κ3) is 6.38. The summed E-state index contributed by atoms with van der Waals surface area (Å²) in [6, 6.07) is 57.9. The maximum atomic E-state index is 7.30. The van der Waals surface area contributed by atoms with E-state index in [0.29, 0.717) is 28.6 Å². The minimum atomic E-state index is 0.371. The fourth-order valence-corrected chi connectivity index (χ4v) is 10.8. The molecule has 0 unspecified atom stereocenters. The molecule has 1 aromatic heterocycles. The lowest BCUT2D eigenvalue weighted by atomic mass is 9.48. The highest BCUT2D eigenvalue weighted by Gasteiger charge is 2.51. The number of hydrogen-bond donors (Lipinski definition) is 0. The Morgan fingerprint density at radius 2 is 0.828 bits per heavy atom. The number of hydrogen-bond acceptors (Lipinski definition) is 3. The van der Waals surface area contributed by atoms with Gasteiger partial charge in [0.25, 0.3) is 0 Å². The average Bonchev–Trinajstić information content (AvgIpc) is 3.28. The summed E-state index contributed by atoms with van der Waals surface area (Å²) in [7, 11) is 0. The second-order valence-electron chi connectivity index (χ2n) is 17.0. The zero-order valence-electron chi connectivity index (χ0n) is 32.4. The zero-order chi connectivity index (χ0) is 38.6. The molecule has 0 aliphatic heterocycles. The Kier molecular flexibility index (Phi) is 8.36. The zero-order valence-corrected chi connectivity index (χ0v) is 32.4. The number of aromatic nitrogens is 3. The molecule has 0 amide bonds. The van der Waals surface area contributed by atoms with Gasteiger partial charge in [-0.3, -0.25) is 0 Å². The van der Waals surface area contributed by atoms with Gasteiger partial charge in [0.2, 0.25) is 0 Å². The van der Waals surface area contributed by atoms with E-state index in [-0.39, 0.29) is 0 Å². The second-order valence-corrected chi connectivity index (χ2v) is 17.0. The van der Waals surface area contributed by atoms with Crippen molar-refractivity contribution in [1.29, 1.82) is 0 Å². The molecule has 4 saturated carbocycles. The predicted octanol–water partition coefficient (Wildman–Crippen LogP) is 14.0. The summed E-state index contributed by atoms with van der Waals surface area (Å²) in [6.45, 7) is 7.30. The first kappa shape index (κ1) is 34.5. The van der Waals surface area contributed by atoms with Gasteiger partial charge in [-0.05, 0) is 142 Å². The fourth-order valence-electron chi connectivity index (χ4n) is 10.8. The largest absolute Gasteiger partial charge is 0.238 e. The van der Waals surface area contributed by atoms with Gasteiger partial charge in [-0.1, -0.05) is 133 Å². The third-order valence-corrected chi connectivity index (χ3v) is 13.3. The van der Waals surface area contributed by atoms with E-state index in [1.807, 2.05) is 42.5 Å². The van der Waals surface area contributed by atoms with Crippen LogP contribution in [0.15, 0.2) is 164 Å². The summed E-state index contributed by atoms with van der Waals surface area (Å²) in [5.41, 5.74) is 12.2. The van der Waals surface area contributed by atoms with Crippen molar-refractivity contribution in [3.05, 3.63) is 181 Å². The molecule has 0 spiro atoms. The van der Waals surface area contributed by atoms with Crippen LogP contribution in [-0.2, 0) is 5.41 Å². The van der Waals surface area contributed by atoms with Gasteiger partial charge >= 0.3 is 0 Å². The van der Waals surface area contributed by atoms with Crippen molar-refractivity contribution in [3.63, 3.8) is 0 Å². The van der Waals surface area contributed by atoms with Crippen molar-refractivity contribution >= 4 is 16.5 Å². The van der Waals surface area contributed by atoms with Gasteiger partial charge in [0, 0.05) is 16.7 Å². The Bertz CT molecular complexity index is 2820. The standard InChI is InChI=1S/C54H42N4/c1-55-50-22-18-39(19-23-50)42-12-13-44-28-45(15-14-43(44)27-42)52-56-51(41-10-6-3-7-11-41)57-53(58-52)48-30-46(38-8-4-2-5-9-38)29-47(31-48)40-16-20-49(21-17-40)54-32-35-24-36(33-54)26-37(25-35)34-54/h2-23,27-31,35-37H,24-26,32-34H2. The molecule has 0 N–H and O–H groups in total. The lowest BCUT2D eigenvalue weighted by Gasteiger charge is -2.57. The Morgan fingerprint density at radius 3 is 1.41 bits per heavy atom. The highest BCUT2D eigenvalue weighted by molar-refractivity contribution is 5.90. The molecule has 58 heavy (non-hydrogen) atoms. The number of benzene rings is 7. The first-order valence-electron chi connectivity index (χ1n) is 20.7. The summed E-state index contributed by atoms with van der Waals surface area (Å²) < 4.78 is 0. The molecular weight excluding hydrogens is 705 g/mol. The minimum absolute atomic E-state index is 0.371. The van der Waals surface area contributed by atoms with Gasteiger partial charge in [0.1, 0.15) is 0 Å². The highest BCUT2D eigenvalue weighted by Crippen LogP contribution is 2.60. The quantitative estimate of drug-likeness (QED) is 0.153. The van der Waals surface area contributed by atoms with Gasteiger partial charge in [0.15, 0.2) is 23.2 Å². The number of fused-ring (bicyclic) bond motifs is 1. The van der Waals surface area contributed by atoms with Crippen molar-refractivity contribution in [2.45, 2.75) is 43.9 Å². The fraction of sp³-hybridized carbons (Fsp3) is 0.185. The molecule has 4 bridgehead atoms.